The van der Waals surface area contributed by atoms with Crippen LogP contribution in [0.25, 0.3) is 0 Å². The number of sulfonamides is 1. The quantitative estimate of drug-likeness (QED) is 0.834. The number of hydrogen-bond donors (Lipinski definition) is 1. The zero-order valence-corrected chi connectivity index (χ0v) is 17.5. The van der Waals surface area contributed by atoms with Crippen LogP contribution >= 0.6 is 0 Å². The molecule has 2 aromatic carbocycles. The summed E-state index contributed by atoms with van der Waals surface area (Å²) in [5.74, 6) is 0.467. The first-order valence-electron chi connectivity index (χ1n) is 9.78. The van der Waals surface area contributed by atoms with Gasteiger partial charge in [0.25, 0.3) is 10.0 Å². The number of fused-ring (bicyclic) bond motifs is 2. The molecule has 2 heterocycles. The number of benzene rings is 2. The first-order chi connectivity index (χ1) is 13.7. The maximum absolute atomic E-state index is 12.9. The standard InChI is InChI=1S/C22H25N3O3S/c1-22(2,13-20-23-18-9-5-6-10-19(18)29(27,28)24-20)14-21(26)25-12-11-16-7-3-4-8-17(16)15-25/h3-10H,11-15H2,1-2H3,(H,23,24). The van der Waals surface area contributed by atoms with Crippen molar-refractivity contribution >= 4 is 27.5 Å². The van der Waals surface area contributed by atoms with E-state index in [4.69, 9.17) is 0 Å². The zero-order chi connectivity index (χ0) is 20.6. The van der Waals surface area contributed by atoms with Gasteiger partial charge in [0.1, 0.15) is 10.7 Å². The van der Waals surface area contributed by atoms with E-state index in [1.165, 1.54) is 11.1 Å². The van der Waals surface area contributed by atoms with Crippen molar-refractivity contribution < 1.29 is 13.2 Å². The highest BCUT2D eigenvalue weighted by Crippen LogP contribution is 2.33. The van der Waals surface area contributed by atoms with Gasteiger partial charge in [0.15, 0.2) is 0 Å². The summed E-state index contributed by atoms with van der Waals surface area (Å²) in [6.07, 6.45) is 1.57. The Morgan fingerprint density at radius 3 is 2.59 bits per heavy atom. The molecule has 2 aliphatic heterocycles. The smallest absolute Gasteiger partial charge is 0.286 e. The van der Waals surface area contributed by atoms with Gasteiger partial charge in [-0.1, -0.05) is 50.2 Å². The number of carbonyl (C=O) groups is 1. The number of nitrogens with one attached hydrogen (secondary N) is 1. The Morgan fingerprint density at radius 1 is 1.10 bits per heavy atom. The molecule has 152 valence electrons. The van der Waals surface area contributed by atoms with Gasteiger partial charge in [-0.25, -0.2) is 0 Å². The lowest BCUT2D eigenvalue weighted by Gasteiger charge is -2.33. The van der Waals surface area contributed by atoms with Crippen LogP contribution in [0.5, 0.6) is 0 Å². The maximum atomic E-state index is 12.9. The van der Waals surface area contributed by atoms with E-state index in [9.17, 15) is 13.2 Å². The van der Waals surface area contributed by atoms with E-state index in [-0.39, 0.29) is 10.8 Å². The second kappa shape index (κ2) is 7.30. The van der Waals surface area contributed by atoms with Gasteiger partial charge in [-0.2, -0.15) is 8.42 Å². The van der Waals surface area contributed by atoms with Gasteiger partial charge in [0.2, 0.25) is 5.91 Å². The van der Waals surface area contributed by atoms with Crippen LogP contribution in [0.15, 0.2) is 57.8 Å². The Hall–Kier alpha value is -2.67. The van der Waals surface area contributed by atoms with Crippen LogP contribution in [0.4, 0.5) is 5.69 Å². The van der Waals surface area contributed by atoms with E-state index in [2.05, 4.69) is 21.8 Å². The lowest BCUT2D eigenvalue weighted by atomic mass is 9.84. The lowest BCUT2D eigenvalue weighted by Crippen LogP contribution is -2.39. The van der Waals surface area contributed by atoms with Crippen LogP contribution < -0.4 is 5.32 Å². The number of para-hydroxylation sites is 1. The molecule has 7 heteroatoms. The van der Waals surface area contributed by atoms with Crippen molar-refractivity contribution in [3.63, 3.8) is 0 Å². The molecular formula is C22H25N3O3S. The number of amidine groups is 1. The summed E-state index contributed by atoms with van der Waals surface area (Å²) >= 11 is 0. The average Bonchev–Trinajstić information content (AvgIpc) is 2.66. The van der Waals surface area contributed by atoms with Gasteiger partial charge >= 0.3 is 0 Å². The molecule has 1 amide bonds. The summed E-state index contributed by atoms with van der Waals surface area (Å²) in [6.45, 7) is 5.29. The molecule has 29 heavy (non-hydrogen) atoms. The van der Waals surface area contributed by atoms with Gasteiger partial charge in [-0.15, -0.1) is 4.40 Å². The molecule has 0 saturated heterocycles. The van der Waals surface area contributed by atoms with E-state index in [0.29, 0.717) is 37.5 Å². The Bertz CT molecular complexity index is 1090. The molecule has 0 atom stereocenters. The Labute approximate surface area is 171 Å². The number of carbonyl (C=O) groups excluding carboxylic acids is 1. The first kappa shape index (κ1) is 19.6. The number of nitrogens with zero attached hydrogens (tertiary/aromatic N) is 2. The minimum Gasteiger partial charge on any atom is -0.342 e. The molecule has 2 aromatic rings. The summed E-state index contributed by atoms with van der Waals surface area (Å²) in [5, 5.41) is 3.12. The van der Waals surface area contributed by atoms with Gasteiger partial charge in [-0.05, 0) is 35.1 Å². The van der Waals surface area contributed by atoms with Crippen molar-refractivity contribution in [1.29, 1.82) is 0 Å². The second-order valence-electron chi connectivity index (χ2n) is 8.49. The van der Waals surface area contributed by atoms with Crippen molar-refractivity contribution in [1.82, 2.24) is 4.90 Å². The van der Waals surface area contributed by atoms with Crippen LogP contribution in [0.2, 0.25) is 0 Å². The summed E-state index contributed by atoms with van der Waals surface area (Å²) in [5.41, 5.74) is 2.61. The fraction of sp³-hybridized carbons (Fsp3) is 0.364. The predicted octanol–water partition coefficient (Wildman–Crippen LogP) is 3.59. The summed E-state index contributed by atoms with van der Waals surface area (Å²) in [7, 11) is -3.72. The highest BCUT2D eigenvalue weighted by molar-refractivity contribution is 7.90. The van der Waals surface area contributed by atoms with Crippen LogP contribution in [0.1, 0.15) is 37.8 Å². The fourth-order valence-electron chi connectivity index (χ4n) is 3.99. The lowest BCUT2D eigenvalue weighted by molar-refractivity contribution is -0.134. The van der Waals surface area contributed by atoms with Crippen molar-refractivity contribution in [3.05, 3.63) is 59.7 Å². The largest absolute Gasteiger partial charge is 0.342 e. The molecule has 0 unspecified atom stereocenters. The SMILES string of the molecule is CC(C)(CC(=O)N1CCc2ccccc2C1)CC1=NS(=O)(=O)c2ccccc2N1. The topological polar surface area (TPSA) is 78.8 Å². The van der Waals surface area contributed by atoms with Crippen LogP contribution in [0.3, 0.4) is 0 Å². The Kier molecular flexibility index (Phi) is 4.94. The maximum Gasteiger partial charge on any atom is 0.286 e. The number of hydrogen-bond acceptors (Lipinski definition) is 4. The molecule has 0 spiro atoms. The average molecular weight is 412 g/mol. The molecule has 6 nitrogen and oxygen atoms in total. The van der Waals surface area contributed by atoms with Crippen LogP contribution in [0, 0.1) is 5.41 Å². The van der Waals surface area contributed by atoms with Gasteiger partial charge < -0.3 is 10.2 Å². The molecule has 0 saturated carbocycles. The van der Waals surface area contributed by atoms with E-state index in [1.54, 1.807) is 24.3 Å². The third kappa shape index (κ3) is 4.19. The van der Waals surface area contributed by atoms with Crippen LogP contribution in [-0.4, -0.2) is 31.6 Å². The molecule has 0 aliphatic carbocycles. The Balaban J connectivity index is 1.45. The molecule has 0 bridgehead atoms. The number of rotatable bonds is 4. The van der Waals surface area contributed by atoms with E-state index < -0.39 is 15.4 Å². The highest BCUT2D eigenvalue weighted by Gasteiger charge is 2.32. The first-order valence-corrected chi connectivity index (χ1v) is 11.2. The fourth-order valence-corrected chi connectivity index (χ4v) is 5.14. The molecule has 4 rings (SSSR count). The van der Waals surface area contributed by atoms with E-state index >= 15 is 0 Å². The predicted molar refractivity (Wildman–Crippen MR) is 113 cm³/mol. The minimum absolute atomic E-state index is 0.0872. The van der Waals surface area contributed by atoms with Crippen molar-refractivity contribution in [3.8, 4) is 0 Å². The van der Waals surface area contributed by atoms with Gasteiger partial charge in [0, 0.05) is 25.9 Å². The normalized spacial score (nSPS) is 17.6. The minimum atomic E-state index is -3.72. The van der Waals surface area contributed by atoms with E-state index in [1.807, 2.05) is 30.9 Å². The molecule has 0 aromatic heterocycles. The van der Waals surface area contributed by atoms with Crippen molar-refractivity contribution in [2.75, 3.05) is 11.9 Å². The second-order valence-corrected chi connectivity index (χ2v) is 10.1. The highest BCUT2D eigenvalue weighted by atomic mass is 32.2. The summed E-state index contributed by atoms with van der Waals surface area (Å²) in [6, 6.07) is 15.0. The molecule has 0 radical (unpaired) electrons. The molecule has 2 aliphatic rings. The molecular weight excluding hydrogens is 386 g/mol. The van der Waals surface area contributed by atoms with Crippen LogP contribution in [-0.2, 0) is 27.8 Å². The van der Waals surface area contributed by atoms with Gasteiger partial charge in [0.05, 0.1) is 5.69 Å². The third-order valence-electron chi connectivity index (χ3n) is 5.43. The summed E-state index contributed by atoms with van der Waals surface area (Å²) in [4.78, 5) is 15.0. The molecule has 0 fully saturated rings. The number of amides is 1. The molecule has 1 N–H and O–H groups in total. The van der Waals surface area contributed by atoms with Gasteiger partial charge in [-0.3, -0.25) is 4.79 Å². The number of anilines is 1. The zero-order valence-electron chi connectivity index (χ0n) is 16.7. The van der Waals surface area contributed by atoms with E-state index in [0.717, 1.165) is 6.42 Å². The van der Waals surface area contributed by atoms with Crippen molar-refractivity contribution in [2.45, 2.75) is 44.6 Å². The Morgan fingerprint density at radius 2 is 1.79 bits per heavy atom. The summed E-state index contributed by atoms with van der Waals surface area (Å²) < 4.78 is 28.8. The third-order valence-corrected chi connectivity index (χ3v) is 6.81. The monoisotopic (exact) mass is 411 g/mol. The van der Waals surface area contributed by atoms with Crippen molar-refractivity contribution in [2.24, 2.45) is 9.81 Å².